The van der Waals surface area contributed by atoms with Crippen LogP contribution in [-0.4, -0.2) is 42.2 Å². The van der Waals surface area contributed by atoms with E-state index in [1.165, 1.54) is 27.2 Å². The summed E-state index contributed by atoms with van der Waals surface area (Å²) in [7, 11) is 1.69. The highest BCUT2D eigenvalue weighted by Gasteiger charge is 2.22. The minimum absolute atomic E-state index is 0.188. The number of carbonyl (C=O) groups excluding carboxylic acids is 2. The maximum absolute atomic E-state index is 12.5. The molecular formula is C20H23NO6S. The predicted octanol–water partition coefficient (Wildman–Crippen LogP) is 3.02. The molecule has 0 fully saturated rings. The second kappa shape index (κ2) is 9.89. The molecule has 0 saturated heterocycles. The number of hydrogen-bond donors (Lipinski definition) is 1. The van der Waals surface area contributed by atoms with Crippen LogP contribution >= 0.6 is 0 Å². The Bertz CT molecular complexity index is 883. The van der Waals surface area contributed by atoms with E-state index in [0.29, 0.717) is 27.8 Å². The van der Waals surface area contributed by atoms with Crippen LogP contribution in [0.1, 0.15) is 24.2 Å². The molecule has 2 aromatic carbocycles. The molecule has 8 heteroatoms. The van der Waals surface area contributed by atoms with Crippen molar-refractivity contribution in [3.05, 3.63) is 48.0 Å². The van der Waals surface area contributed by atoms with E-state index in [4.69, 9.17) is 14.2 Å². The van der Waals surface area contributed by atoms with E-state index in [2.05, 4.69) is 5.32 Å². The van der Waals surface area contributed by atoms with E-state index in [9.17, 15) is 13.8 Å². The number of ether oxygens (including phenoxy) is 3. The van der Waals surface area contributed by atoms with Crippen LogP contribution in [-0.2, 0) is 20.3 Å². The molecule has 0 aliphatic carbocycles. The molecule has 0 aromatic heterocycles. The minimum Gasteiger partial charge on any atom is -0.493 e. The summed E-state index contributed by atoms with van der Waals surface area (Å²) < 4.78 is 27.7. The molecule has 7 nitrogen and oxygen atoms in total. The van der Waals surface area contributed by atoms with Gasteiger partial charge in [-0.2, -0.15) is 0 Å². The molecule has 0 aliphatic rings. The third kappa shape index (κ3) is 5.10. The lowest BCUT2D eigenvalue weighted by Crippen LogP contribution is -2.30. The predicted molar refractivity (Wildman–Crippen MR) is 106 cm³/mol. The van der Waals surface area contributed by atoms with Gasteiger partial charge in [0.1, 0.15) is 0 Å². The van der Waals surface area contributed by atoms with E-state index in [-0.39, 0.29) is 5.56 Å². The molecule has 0 spiro atoms. The summed E-state index contributed by atoms with van der Waals surface area (Å²) in [6.45, 7) is 3.23. The molecule has 1 amide bonds. The van der Waals surface area contributed by atoms with Gasteiger partial charge in [0.05, 0.1) is 35.5 Å². The second-order valence-corrected chi connectivity index (χ2v) is 7.45. The molecule has 0 saturated carbocycles. The largest absolute Gasteiger partial charge is 0.493 e. The highest BCUT2D eigenvalue weighted by atomic mass is 32.2. The zero-order chi connectivity index (χ0) is 20.7. The van der Waals surface area contributed by atoms with Gasteiger partial charge in [0.2, 0.25) is 0 Å². The maximum Gasteiger partial charge on any atom is 0.340 e. The third-order valence-corrected chi connectivity index (χ3v) is 5.29. The summed E-state index contributed by atoms with van der Waals surface area (Å²) in [5.74, 6) is 0.156. The second-order valence-electron chi connectivity index (χ2n) is 5.74. The van der Waals surface area contributed by atoms with Crippen LogP contribution in [0.25, 0.3) is 0 Å². The molecule has 0 unspecified atom stereocenters. The number of benzene rings is 2. The first kappa shape index (κ1) is 21.4. The van der Waals surface area contributed by atoms with Gasteiger partial charge < -0.3 is 19.5 Å². The summed E-state index contributed by atoms with van der Waals surface area (Å²) in [5, 5.41) is 2.66. The van der Waals surface area contributed by atoms with Crippen molar-refractivity contribution in [2.75, 3.05) is 25.3 Å². The van der Waals surface area contributed by atoms with Crippen molar-refractivity contribution in [3.63, 3.8) is 0 Å². The Labute approximate surface area is 166 Å². The lowest BCUT2D eigenvalue weighted by molar-refractivity contribution is -0.123. The van der Waals surface area contributed by atoms with Crippen molar-refractivity contribution in [2.45, 2.75) is 24.8 Å². The van der Waals surface area contributed by atoms with E-state index in [0.717, 1.165) is 0 Å². The van der Waals surface area contributed by atoms with Gasteiger partial charge in [0, 0.05) is 17.5 Å². The number of anilines is 1. The van der Waals surface area contributed by atoms with Crippen LogP contribution < -0.4 is 14.8 Å². The molecule has 28 heavy (non-hydrogen) atoms. The Morgan fingerprint density at radius 2 is 1.75 bits per heavy atom. The molecular weight excluding hydrogens is 382 g/mol. The molecule has 0 radical (unpaired) electrons. The number of nitrogens with one attached hydrogen (secondary N) is 1. The van der Waals surface area contributed by atoms with E-state index in [1.54, 1.807) is 43.3 Å². The van der Waals surface area contributed by atoms with Crippen molar-refractivity contribution in [1.29, 1.82) is 0 Å². The van der Waals surface area contributed by atoms with Gasteiger partial charge >= 0.3 is 5.97 Å². The fourth-order valence-electron chi connectivity index (χ4n) is 2.42. The van der Waals surface area contributed by atoms with Gasteiger partial charge in [-0.15, -0.1) is 0 Å². The first-order valence-corrected chi connectivity index (χ1v) is 9.94. The van der Waals surface area contributed by atoms with Crippen molar-refractivity contribution < 1.29 is 28.0 Å². The quantitative estimate of drug-likeness (QED) is 0.679. The Kier molecular flexibility index (Phi) is 7.57. The molecule has 150 valence electrons. The molecule has 0 aliphatic heterocycles. The highest BCUT2D eigenvalue weighted by molar-refractivity contribution is 7.85. The van der Waals surface area contributed by atoms with Gasteiger partial charge in [-0.25, -0.2) is 4.79 Å². The number of carbonyl (C=O) groups is 2. The molecule has 2 atom stereocenters. The summed E-state index contributed by atoms with van der Waals surface area (Å²) in [6, 6.07) is 11.4. The average molecular weight is 405 g/mol. The van der Waals surface area contributed by atoms with Crippen LogP contribution in [0.15, 0.2) is 47.4 Å². The fraction of sp³-hybridized carbons (Fsp3) is 0.300. The maximum atomic E-state index is 12.5. The average Bonchev–Trinajstić information content (AvgIpc) is 2.72. The lowest BCUT2D eigenvalue weighted by Gasteiger charge is -2.15. The van der Waals surface area contributed by atoms with Gasteiger partial charge in [0.25, 0.3) is 5.91 Å². The smallest absolute Gasteiger partial charge is 0.340 e. The standard InChI is InChI=1S/C20H23NO6S/c1-5-28(24)18-9-7-6-8-15(18)20(23)27-13(2)19(22)21-14-10-11-16(25-3)17(12-14)26-4/h6-13H,5H2,1-4H3,(H,21,22)/t13-,28-/m1/s1. The number of methoxy groups -OCH3 is 2. The summed E-state index contributed by atoms with van der Waals surface area (Å²) >= 11 is 0. The number of rotatable bonds is 8. The first-order valence-electron chi connectivity index (χ1n) is 8.62. The Morgan fingerprint density at radius 1 is 1.07 bits per heavy atom. The summed E-state index contributed by atoms with van der Waals surface area (Å²) in [4.78, 5) is 25.2. The van der Waals surface area contributed by atoms with E-state index >= 15 is 0 Å². The van der Waals surface area contributed by atoms with Crippen LogP contribution in [0.4, 0.5) is 5.69 Å². The Hall–Kier alpha value is -2.87. The van der Waals surface area contributed by atoms with Crippen LogP contribution in [0.2, 0.25) is 0 Å². The zero-order valence-electron chi connectivity index (χ0n) is 16.2. The Morgan fingerprint density at radius 3 is 2.39 bits per heavy atom. The molecule has 0 heterocycles. The van der Waals surface area contributed by atoms with Gasteiger partial charge in [0.15, 0.2) is 17.6 Å². The highest BCUT2D eigenvalue weighted by Crippen LogP contribution is 2.29. The van der Waals surface area contributed by atoms with E-state index in [1.807, 2.05) is 0 Å². The van der Waals surface area contributed by atoms with Gasteiger partial charge in [-0.05, 0) is 31.2 Å². The lowest BCUT2D eigenvalue weighted by atomic mass is 10.2. The van der Waals surface area contributed by atoms with Crippen molar-refractivity contribution in [2.24, 2.45) is 0 Å². The number of esters is 1. The van der Waals surface area contributed by atoms with Crippen molar-refractivity contribution in [1.82, 2.24) is 0 Å². The van der Waals surface area contributed by atoms with E-state index < -0.39 is 28.8 Å². The monoisotopic (exact) mass is 405 g/mol. The van der Waals surface area contributed by atoms with Crippen molar-refractivity contribution in [3.8, 4) is 11.5 Å². The number of hydrogen-bond acceptors (Lipinski definition) is 6. The van der Waals surface area contributed by atoms with Crippen LogP contribution in [0.3, 0.4) is 0 Å². The van der Waals surface area contributed by atoms with Crippen LogP contribution in [0.5, 0.6) is 11.5 Å². The summed E-state index contributed by atoms with van der Waals surface area (Å²) in [5.41, 5.74) is 0.659. The minimum atomic E-state index is -1.31. The first-order chi connectivity index (χ1) is 13.4. The summed E-state index contributed by atoms with van der Waals surface area (Å²) in [6.07, 6.45) is -1.05. The third-order valence-electron chi connectivity index (χ3n) is 3.92. The molecule has 0 bridgehead atoms. The van der Waals surface area contributed by atoms with Crippen molar-refractivity contribution >= 4 is 28.4 Å². The number of amides is 1. The van der Waals surface area contributed by atoms with Gasteiger partial charge in [-0.3, -0.25) is 9.00 Å². The van der Waals surface area contributed by atoms with Gasteiger partial charge in [-0.1, -0.05) is 19.1 Å². The Balaban J connectivity index is 2.09. The molecule has 1 N–H and O–H groups in total. The van der Waals surface area contributed by atoms with Crippen LogP contribution in [0, 0.1) is 0 Å². The zero-order valence-corrected chi connectivity index (χ0v) is 17.0. The molecule has 2 rings (SSSR count). The normalized spacial score (nSPS) is 12.6. The fourth-order valence-corrected chi connectivity index (χ4v) is 3.36. The topological polar surface area (TPSA) is 90.9 Å². The SMILES string of the molecule is CC[S@@](=O)c1ccccc1C(=O)O[C@H](C)C(=O)Nc1ccc(OC)c(OC)c1. The molecule has 2 aromatic rings.